The molecule has 2 aliphatic rings. The van der Waals surface area contributed by atoms with Crippen molar-refractivity contribution in [3.05, 3.63) is 29.3 Å². The van der Waals surface area contributed by atoms with Crippen molar-refractivity contribution >= 4 is 5.78 Å². The van der Waals surface area contributed by atoms with E-state index in [4.69, 9.17) is 9.47 Å². The van der Waals surface area contributed by atoms with E-state index in [9.17, 15) is 9.90 Å². The number of fused-ring (bicyclic) bond motifs is 3. The normalized spacial score (nSPS) is 33.1. The highest BCUT2D eigenvalue weighted by Gasteiger charge is 2.52. The number of benzene rings is 1. The molecule has 3 rings (SSSR count). The molecule has 1 aliphatic carbocycles. The number of phenols is 1. The van der Waals surface area contributed by atoms with Crippen LogP contribution in [0.1, 0.15) is 42.6 Å². The molecule has 0 amide bonds. The van der Waals surface area contributed by atoms with Crippen molar-refractivity contribution in [2.24, 2.45) is 5.92 Å². The van der Waals surface area contributed by atoms with E-state index < -0.39 is 5.60 Å². The lowest BCUT2D eigenvalue weighted by molar-refractivity contribution is -0.168. The molecule has 0 bridgehead atoms. The van der Waals surface area contributed by atoms with E-state index in [1.807, 2.05) is 19.9 Å². The van der Waals surface area contributed by atoms with Gasteiger partial charge in [0.2, 0.25) is 0 Å². The van der Waals surface area contributed by atoms with Gasteiger partial charge in [0.1, 0.15) is 5.75 Å². The van der Waals surface area contributed by atoms with E-state index in [0.29, 0.717) is 18.6 Å². The van der Waals surface area contributed by atoms with Gasteiger partial charge in [-0.25, -0.2) is 0 Å². The van der Waals surface area contributed by atoms with Crippen molar-refractivity contribution in [3.63, 3.8) is 0 Å². The molecule has 1 unspecified atom stereocenters. The maximum absolute atomic E-state index is 12.2. The van der Waals surface area contributed by atoms with Gasteiger partial charge >= 0.3 is 0 Å². The summed E-state index contributed by atoms with van der Waals surface area (Å²) in [6, 6.07) is 5.18. The molecule has 0 radical (unpaired) electrons. The van der Waals surface area contributed by atoms with Gasteiger partial charge in [0.15, 0.2) is 12.1 Å². The highest BCUT2D eigenvalue weighted by molar-refractivity contribution is 6.01. The average molecular weight is 262 g/mol. The second kappa shape index (κ2) is 4.32. The maximum Gasteiger partial charge on any atom is 0.167 e. The number of carbonyl (C=O) groups excluding carboxylic acids is 1. The molecule has 1 aromatic rings. The lowest BCUT2D eigenvalue weighted by atomic mass is 9.72. The van der Waals surface area contributed by atoms with Crippen LogP contribution in [-0.4, -0.2) is 23.8 Å². The van der Waals surface area contributed by atoms with Crippen LogP contribution in [0.15, 0.2) is 18.2 Å². The van der Waals surface area contributed by atoms with Gasteiger partial charge in [-0.05, 0) is 25.5 Å². The number of Topliss-reactive ketones (excluding diaryl/α,β-unsaturated/α-hetero) is 1. The summed E-state index contributed by atoms with van der Waals surface area (Å²) in [5, 5.41) is 9.92. The van der Waals surface area contributed by atoms with Gasteiger partial charge in [0, 0.05) is 25.4 Å². The van der Waals surface area contributed by atoms with E-state index in [0.717, 1.165) is 12.0 Å². The Hall–Kier alpha value is -1.39. The number of ketones is 1. The minimum Gasteiger partial charge on any atom is -0.507 e. The molecular formula is C15H18O4. The minimum absolute atomic E-state index is 0.00340. The van der Waals surface area contributed by atoms with Crippen LogP contribution in [0, 0.1) is 5.92 Å². The van der Waals surface area contributed by atoms with Gasteiger partial charge in [-0.2, -0.15) is 0 Å². The number of hydrogen-bond donors (Lipinski definition) is 1. The third kappa shape index (κ3) is 1.78. The molecule has 1 fully saturated rings. The first kappa shape index (κ1) is 12.6. The summed E-state index contributed by atoms with van der Waals surface area (Å²) in [6.07, 6.45) is 0.872. The standard InChI is InChI=1S/C15H18O4/c1-3-18-13-8-9-7-12(17)14-10(15(9,2)19-13)5-4-6-11(14)16/h4-6,9,13,16H,3,7-8H2,1-2H3/t9-,13?,15+/m1/s1. The Morgan fingerprint density at radius 1 is 1.53 bits per heavy atom. The Kier molecular flexibility index (Phi) is 2.87. The molecule has 0 spiro atoms. The predicted octanol–water partition coefficient (Wildman–Crippen LogP) is 2.59. The fourth-order valence-electron chi connectivity index (χ4n) is 3.30. The molecule has 3 atom stereocenters. The molecule has 1 heterocycles. The summed E-state index contributed by atoms with van der Waals surface area (Å²) in [5.41, 5.74) is 0.663. The van der Waals surface area contributed by atoms with Crippen molar-refractivity contribution in [2.75, 3.05) is 6.61 Å². The Bertz CT molecular complexity index is 525. The third-order valence-electron chi connectivity index (χ3n) is 4.27. The average Bonchev–Trinajstić information content (AvgIpc) is 2.67. The number of hydrogen-bond acceptors (Lipinski definition) is 4. The molecule has 1 N–H and O–H groups in total. The van der Waals surface area contributed by atoms with E-state index in [-0.39, 0.29) is 23.7 Å². The van der Waals surface area contributed by atoms with E-state index in [2.05, 4.69) is 0 Å². The summed E-state index contributed by atoms with van der Waals surface area (Å²) in [7, 11) is 0. The summed E-state index contributed by atoms with van der Waals surface area (Å²) in [6.45, 7) is 4.51. The van der Waals surface area contributed by atoms with Crippen LogP contribution < -0.4 is 0 Å². The minimum atomic E-state index is -0.540. The number of carbonyl (C=O) groups is 1. The quantitative estimate of drug-likeness (QED) is 0.890. The largest absolute Gasteiger partial charge is 0.507 e. The molecule has 0 saturated carbocycles. The first-order valence-corrected chi connectivity index (χ1v) is 6.71. The zero-order chi connectivity index (χ0) is 13.6. The van der Waals surface area contributed by atoms with Crippen molar-refractivity contribution < 1.29 is 19.4 Å². The van der Waals surface area contributed by atoms with Crippen LogP contribution >= 0.6 is 0 Å². The van der Waals surface area contributed by atoms with Crippen LogP contribution in [0.2, 0.25) is 0 Å². The monoisotopic (exact) mass is 262 g/mol. The number of phenolic OH excluding ortho intramolecular Hbond substituents is 1. The van der Waals surface area contributed by atoms with Crippen molar-refractivity contribution in [1.29, 1.82) is 0 Å². The van der Waals surface area contributed by atoms with Gasteiger partial charge < -0.3 is 14.6 Å². The Labute approximate surface area is 112 Å². The predicted molar refractivity (Wildman–Crippen MR) is 69.0 cm³/mol. The van der Waals surface area contributed by atoms with Gasteiger partial charge in [0.25, 0.3) is 0 Å². The summed E-state index contributed by atoms with van der Waals surface area (Å²) >= 11 is 0. The highest BCUT2D eigenvalue weighted by atomic mass is 16.7. The second-order valence-electron chi connectivity index (χ2n) is 5.37. The molecule has 102 valence electrons. The zero-order valence-electron chi connectivity index (χ0n) is 11.2. The van der Waals surface area contributed by atoms with E-state index >= 15 is 0 Å². The molecular weight excluding hydrogens is 244 g/mol. The first-order valence-electron chi connectivity index (χ1n) is 6.71. The molecule has 0 aromatic heterocycles. The number of rotatable bonds is 2. The molecule has 4 nitrogen and oxygen atoms in total. The zero-order valence-corrected chi connectivity index (χ0v) is 11.2. The number of aromatic hydroxyl groups is 1. The van der Waals surface area contributed by atoms with Gasteiger partial charge in [0.05, 0.1) is 11.2 Å². The summed E-state index contributed by atoms with van der Waals surface area (Å²) in [4.78, 5) is 12.2. The van der Waals surface area contributed by atoms with Crippen LogP contribution in [0.3, 0.4) is 0 Å². The highest BCUT2D eigenvalue weighted by Crippen LogP contribution is 2.51. The van der Waals surface area contributed by atoms with Crippen molar-refractivity contribution in [2.45, 2.75) is 38.6 Å². The van der Waals surface area contributed by atoms with E-state index in [1.54, 1.807) is 12.1 Å². The lowest BCUT2D eigenvalue weighted by Crippen LogP contribution is -2.36. The topological polar surface area (TPSA) is 55.8 Å². The van der Waals surface area contributed by atoms with Crippen LogP contribution in [0.5, 0.6) is 5.75 Å². The lowest BCUT2D eigenvalue weighted by Gasteiger charge is -2.36. The Morgan fingerprint density at radius 2 is 2.32 bits per heavy atom. The molecule has 4 heteroatoms. The smallest absolute Gasteiger partial charge is 0.167 e. The number of ether oxygens (including phenoxy) is 2. The Morgan fingerprint density at radius 3 is 3.05 bits per heavy atom. The SMILES string of the molecule is CCOC1C[C@H]2CC(=O)c3c(O)cccc3[C@@]2(C)O1. The van der Waals surface area contributed by atoms with Crippen molar-refractivity contribution in [3.8, 4) is 5.75 Å². The van der Waals surface area contributed by atoms with Crippen molar-refractivity contribution in [1.82, 2.24) is 0 Å². The molecule has 1 saturated heterocycles. The van der Waals surface area contributed by atoms with Crippen LogP contribution in [-0.2, 0) is 15.1 Å². The summed E-state index contributed by atoms with van der Waals surface area (Å²) < 4.78 is 11.6. The van der Waals surface area contributed by atoms with Crippen LogP contribution in [0.25, 0.3) is 0 Å². The fourth-order valence-corrected chi connectivity index (χ4v) is 3.30. The maximum atomic E-state index is 12.2. The fraction of sp³-hybridized carbons (Fsp3) is 0.533. The summed E-state index contributed by atoms with van der Waals surface area (Å²) in [5.74, 6) is 0.160. The molecule has 1 aromatic carbocycles. The van der Waals surface area contributed by atoms with E-state index in [1.165, 1.54) is 0 Å². The molecule has 19 heavy (non-hydrogen) atoms. The Balaban J connectivity index is 2.06. The van der Waals surface area contributed by atoms with Gasteiger partial charge in [-0.3, -0.25) is 4.79 Å². The first-order chi connectivity index (χ1) is 9.06. The third-order valence-corrected chi connectivity index (χ3v) is 4.27. The van der Waals surface area contributed by atoms with Gasteiger partial charge in [-0.1, -0.05) is 12.1 Å². The molecule has 1 aliphatic heterocycles. The van der Waals surface area contributed by atoms with Crippen LogP contribution in [0.4, 0.5) is 0 Å². The second-order valence-corrected chi connectivity index (χ2v) is 5.37. The van der Waals surface area contributed by atoms with Gasteiger partial charge in [-0.15, -0.1) is 0 Å².